The molecule has 142 valence electrons. The number of rotatable bonds is 5. The van der Waals surface area contributed by atoms with E-state index in [0.29, 0.717) is 49.8 Å². The molecule has 1 heterocycles. The van der Waals surface area contributed by atoms with Crippen molar-refractivity contribution in [1.29, 1.82) is 0 Å². The fraction of sp³-hybridized carbons (Fsp3) is 0.600. The zero-order valence-corrected chi connectivity index (χ0v) is 15.7. The van der Waals surface area contributed by atoms with Crippen LogP contribution in [0.2, 0.25) is 0 Å². The molecule has 2 fully saturated rings. The molecule has 26 heavy (non-hydrogen) atoms. The Bertz CT molecular complexity index is 647. The molecule has 1 aromatic carbocycles. The van der Waals surface area contributed by atoms with Crippen molar-refractivity contribution in [3.8, 4) is 11.5 Å². The topological polar surface area (TPSA) is 59.1 Å². The summed E-state index contributed by atoms with van der Waals surface area (Å²) in [7, 11) is 1.57. The van der Waals surface area contributed by atoms with Crippen LogP contribution in [0, 0.1) is 5.92 Å². The van der Waals surface area contributed by atoms with Gasteiger partial charge in [0.25, 0.3) is 5.91 Å². The van der Waals surface area contributed by atoms with Crippen molar-refractivity contribution < 1.29 is 19.1 Å². The second-order valence-electron chi connectivity index (χ2n) is 6.90. The number of hydrogen-bond acceptors (Lipinski definition) is 4. The Morgan fingerprint density at radius 2 is 1.69 bits per heavy atom. The van der Waals surface area contributed by atoms with E-state index >= 15 is 0 Å². The van der Waals surface area contributed by atoms with E-state index in [4.69, 9.17) is 9.47 Å². The van der Waals surface area contributed by atoms with Gasteiger partial charge in [0.15, 0.2) is 11.5 Å². The maximum atomic E-state index is 12.8. The first-order chi connectivity index (χ1) is 12.6. The van der Waals surface area contributed by atoms with E-state index in [9.17, 15) is 9.59 Å². The van der Waals surface area contributed by atoms with E-state index in [1.165, 1.54) is 0 Å². The maximum absolute atomic E-state index is 12.8. The van der Waals surface area contributed by atoms with Gasteiger partial charge in [-0.2, -0.15) is 0 Å². The summed E-state index contributed by atoms with van der Waals surface area (Å²) in [6.07, 6.45) is 4.36. The molecule has 0 aromatic heterocycles. The number of benzene rings is 1. The number of amides is 2. The second-order valence-corrected chi connectivity index (χ2v) is 6.90. The molecule has 3 rings (SSSR count). The van der Waals surface area contributed by atoms with Crippen LogP contribution in [0.4, 0.5) is 0 Å². The summed E-state index contributed by atoms with van der Waals surface area (Å²) in [5.74, 6) is 1.65. The van der Waals surface area contributed by atoms with E-state index in [-0.39, 0.29) is 17.7 Å². The van der Waals surface area contributed by atoms with E-state index in [1.54, 1.807) is 25.3 Å². The minimum absolute atomic E-state index is 0.0284. The molecule has 1 saturated carbocycles. The maximum Gasteiger partial charge on any atom is 0.254 e. The highest BCUT2D eigenvalue weighted by atomic mass is 16.5. The standard InChI is InChI=1S/C20H28N2O4/c1-3-26-17-9-8-16(14-18(17)25-2)20(24)22-12-10-21(11-13-22)19(23)15-6-4-5-7-15/h8-9,14-15H,3-7,10-13H2,1-2H3. The van der Waals surface area contributed by atoms with Gasteiger partial charge in [0.1, 0.15) is 0 Å². The molecule has 6 nitrogen and oxygen atoms in total. The highest BCUT2D eigenvalue weighted by Crippen LogP contribution is 2.29. The van der Waals surface area contributed by atoms with Crippen LogP contribution in [0.3, 0.4) is 0 Å². The van der Waals surface area contributed by atoms with E-state index < -0.39 is 0 Å². The van der Waals surface area contributed by atoms with Crippen LogP contribution in [-0.2, 0) is 4.79 Å². The summed E-state index contributed by atoms with van der Waals surface area (Å²) in [4.78, 5) is 29.1. The lowest BCUT2D eigenvalue weighted by atomic mass is 10.1. The summed E-state index contributed by atoms with van der Waals surface area (Å²) < 4.78 is 10.8. The third-order valence-electron chi connectivity index (χ3n) is 5.29. The Hall–Kier alpha value is -2.24. The Morgan fingerprint density at radius 3 is 2.31 bits per heavy atom. The predicted molar refractivity (Wildman–Crippen MR) is 98.6 cm³/mol. The van der Waals surface area contributed by atoms with Gasteiger partial charge in [0.2, 0.25) is 5.91 Å². The van der Waals surface area contributed by atoms with Gasteiger partial charge in [0, 0.05) is 37.7 Å². The van der Waals surface area contributed by atoms with Crippen molar-refractivity contribution >= 4 is 11.8 Å². The molecule has 6 heteroatoms. The third-order valence-corrected chi connectivity index (χ3v) is 5.29. The summed E-state index contributed by atoms with van der Waals surface area (Å²) in [6.45, 7) is 4.84. The van der Waals surface area contributed by atoms with Crippen molar-refractivity contribution in [1.82, 2.24) is 9.80 Å². The molecule has 0 atom stereocenters. The highest BCUT2D eigenvalue weighted by Gasteiger charge is 2.30. The van der Waals surface area contributed by atoms with Crippen LogP contribution in [0.25, 0.3) is 0 Å². The first-order valence-electron chi connectivity index (χ1n) is 9.53. The van der Waals surface area contributed by atoms with Gasteiger partial charge in [-0.1, -0.05) is 12.8 Å². The molecule has 1 saturated heterocycles. The Labute approximate surface area is 155 Å². The highest BCUT2D eigenvalue weighted by molar-refractivity contribution is 5.95. The van der Waals surface area contributed by atoms with Crippen LogP contribution in [0.5, 0.6) is 11.5 Å². The summed E-state index contributed by atoms with van der Waals surface area (Å²) in [6, 6.07) is 5.27. The molecule has 0 radical (unpaired) electrons. The molecule has 1 aromatic rings. The van der Waals surface area contributed by atoms with E-state index in [0.717, 1.165) is 25.7 Å². The van der Waals surface area contributed by atoms with Gasteiger partial charge < -0.3 is 19.3 Å². The number of hydrogen-bond donors (Lipinski definition) is 0. The summed E-state index contributed by atoms with van der Waals surface area (Å²) in [5, 5.41) is 0. The smallest absolute Gasteiger partial charge is 0.254 e. The van der Waals surface area contributed by atoms with Gasteiger partial charge in [-0.15, -0.1) is 0 Å². The average molecular weight is 360 g/mol. The SMILES string of the molecule is CCOc1ccc(C(=O)N2CCN(C(=O)C3CCCC3)CC2)cc1OC. The van der Waals surface area contributed by atoms with Crippen molar-refractivity contribution in [2.45, 2.75) is 32.6 Å². The van der Waals surface area contributed by atoms with Crippen molar-refractivity contribution in [3.05, 3.63) is 23.8 Å². The lowest BCUT2D eigenvalue weighted by Gasteiger charge is -2.36. The van der Waals surface area contributed by atoms with Gasteiger partial charge >= 0.3 is 0 Å². The number of piperazine rings is 1. The second kappa shape index (κ2) is 8.43. The van der Waals surface area contributed by atoms with Gasteiger partial charge in [0.05, 0.1) is 13.7 Å². The van der Waals surface area contributed by atoms with E-state index in [1.807, 2.05) is 16.7 Å². The Morgan fingerprint density at radius 1 is 1.04 bits per heavy atom. The third kappa shape index (κ3) is 3.94. The van der Waals surface area contributed by atoms with Crippen LogP contribution in [0.1, 0.15) is 43.0 Å². The molecule has 1 aliphatic heterocycles. The van der Waals surface area contributed by atoms with Crippen LogP contribution >= 0.6 is 0 Å². The predicted octanol–water partition coefficient (Wildman–Crippen LogP) is 2.57. The molecule has 0 N–H and O–H groups in total. The van der Waals surface area contributed by atoms with Gasteiger partial charge in [-0.25, -0.2) is 0 Å². The normalized spacial score (nSPS) is 18.1. The minimum Gasteiger partial charge on any atom is -0.493 e. The van der Waals surface area contributed by atoms with E-state index in [2.05, 4.69) is 0 Å². The van der Waals surface area contributed by atoms with Gasteiger partial charge in [-0.3, -0.25) is 9.59 Å². The lowest BCUT2D eigenvalue weighted by Crippen LogP contribution is -2.51. The number of nitrogens with zero attached hydrogens (tertiary/aromatic N) is 2. The van der Waals surface area contributed by atoms with Crippen molar-refractivity contribution in [2.24, 2.45) is 5.92 Å². The number of carbonyl (C=O) groups is 2. The first kappa shape index (κ1) is 18.5. The van der Waals surface area contributed by atoms with Crippen molar-refractivity contribution in [3.63, 3.8) is 0 Å². The summed E-state index contributed by atoms with van der Waals surface area (Å²) >= 11 is 0. The quantitative estimate of drug-likeness (QED) is 0.810. The van der Waals surface area contributed by atoms with Crippen LogP contribution < -0.4 is 9.47 Å². The molecule has 0 unspecified atom stereocenters. The molecular formula is C20H28N2O4. The zero-order valence-electron chi connectivity index (χ0n) is 15.7. The minimum atomic E-state index is -0.0284. The van der Waals surface area contributed by atoms with Crippen LogP contribution in [-0.4, -0.2) is 61.5 Å². The number of carbonyl (C=O) groups excluding carboxylic acids is 2. The number of ether oxygens (including phenoxy) is 2. The Balaban J connectivity index is 1.60. The monoisotopic (exact) mass is 360 g/mol. The zero-order chi connectivity index (χ0) is 18.5. The first-order valence-corrected chi connectivity index (χ1v) is 9.53. The fourth-order valence-corrected chi connectivity index (χ4v) is 3.82. The molecule has 0 bridgehead atoms. The Kier molecular flexibility index (Phi) is 6.01. The summed E-state index contributed by atoms with van der Waals surface area (Å²) in [5.41, 5.74) is 0.584. The molecular weight excluding hydrogens is 332 g/mol. The van der Waals surface area contributed by atoms with Crippen LogP contribution in [0.15, 0.2) is 18.2 Å². The largest absolute Gasteiger partial charge is 0.493 e. The lowest BCUT2D eigenvalue weighted by molar-refractivity contribution is -0.136. The fourth-order valence-electron chi connectivity index (χ4n) is 3.82. The number of methoxy groups -OCH3 is 1. The molecule has 2 amide bonds. The average Bonchev–Trinajstić information content (AvgIpc) is 3.22. The van der Waals surface area contributed by atoms with Crippen molar-refractivity contribution in [2.75, 3.05) is 39.9 Å². The molecule has 1 aliphatic carbocycles. The molecule has 2 aliphatic rings. The molecule has 0 spiro atoms. The van der Waals surface area contributed by atoms with Gasteiger partial charge in [-0.05, 0) is 38.0 Å².